The molecule has 0 aromatic heterocycles. The van der Waals surface area contributed by atoms with Crippen LogP contribution in [0.1, 0.15) is 38.0 Å². The average molecular weight is 521 g/mol. The maximum atomic E-state index is 12.8. The van der Waals surface area contributed by atoms with E-state index in [9.17, 15) is 24.5 Å². The monoisotopic (exact) mass is 520 g/mol. The number of carbonyl (C=O) groups excluding carboxylic acids is 3. The number of amides is 3. The maximum absolute atomic E-state index is 12.8. The Kier molecular flexibility index (Phi) is 7.11. The number of nitrogens with zero attached hydrogens (tertiary/aromatic N) is 2. The SMILES string of the molecule is CCOc1ccc(C(=O)NC(=S)Nc2ccc(N3C(=O)c4ccccc4C3=O)c(OC)c2)cc1[N+](=O)[O-]. The van der Waals surface area contributed by atoms with E-state index in [1.807, 2.05) is 0 Å². The Morgan fingerprint density at radius 1 is 1.03 bits per heavy atom. The second-order valence-electron chi connectivity index (χ2n) is 7.66. The Balaban J connectivity index is 1.49. The first-order valence-electron chi connectivity index (χ1n) is 10.9. The number of methoxy groups -OCH3 is 1. The molecular formula is C25H20N4O7S. The number of ether oxygens (including phenoxy) is 2. The predicted octanol–water partition coefficient (Wildman–Crippen LogP) is 3.93. The number of nitro benzene ring substituents is 1. The lowest BCUT2D eigenvalue weighted by atomic mass is 10.1. The Hall–Kier alpha value is -4.84. The summed E-state index contributed by atoms with van der Waals surface area (Å²) in [6, 6.07) is 14.9. The molecule has 0 aliphatic carbocycles. The van der Waals surface area contributed by atoms with Gasteiger partial charge in [0.1, 0.15) is 5.75 Å². The van der Waals surface area contributed by atoms with Gasteiger partial charge in [0.25, 0.3) is 17.7 Å². The standard InChI is InChI=1S/C25H20N4O7S/c1-3-36-20-11-8-14(12-19(20)29(33)34)22(30)27-25(37)26-15-9-10-18(21(13-15)35-2)28-23(31)16-6-4-5-7-17(16)24(28)32/h4-13H,3H2,1-2H3,(H2,26,27,30,37). The molecular weight excluding hydrogens is 500 g/mol. The van der Waals surface area contributed by atoms with Crippen molar-refractivity contribution in [1.82, 2.24) is 5.32 Å². The summed E-state index contributed by atoms with van der Waals surface area (Å²) in [5.41, 5.74) is 0.918. The summed E-state index contributed by atoms with van der Waals surface area (Å²) in [5.74, 6) is -1.33. The zero-order chi connectivity index (χ0) is 26.7. The fourth-order valence-electron chi connectivity index (χ4n) is 3.76. The van der Waals surface area contributed by atoms with Crippen molar-refractivity contribution >= 4 is 52.1 Å². The number of fused-ring (bicyclic) bond motifs is 1. The third kappa shape index (κ3) is 4.95. The van der Waals surface area contributed by atoms with E-state index >= 15 is 0 Å². The highest BCUT2D eigenvalue weighted by atomic mass is 32.1. The van der Waals surface area contributed by atoms with Crippen molar-refractivity contribution < 1.29 is 28.8 Å². The number of carbonyl (C=O) groups is 3. The van der Waals surface area contributed by atoms with Crippen LogP contribution in [0, 0.1) is 10.1 Å². The Bertz CT molecular complexity index is 1420. The fourth-order valence-corrected chi connectivity index (χ4v) is 3.98. The molecule has 1 aliphatic rings. The van der Waals surface area contributed by atoms with E-state index in [1.54, 1.807) is 37.3 Å². The maximum Gasteiger partial charge on any atom is 0.311 e. The Morgan fingerprint density at radius 3 is 2.30 bits per heavy atom. The first-order valence-corrected chi connectivity index (χ1v) is 11.4. The number of hydrogen-bond acceptors (Lipinski definition) is 8. The number of nitro groups is 1. The number of benzene rings is 3. The van der Waals surface area contributed by atoms with Gasteiger partial charge >= 0.3 is 5.69 Å². The van der Waals surface area contributed by atoms with Crippen LogP contribution in [0.5, 0.6) is 11.5 Å². The number of nitrogens with one attached hydrogen (secondary N) is 2. The normalized spacial score (nSPS) is 12.1. The minimum absolute atomic E-state index is 0.0119. The summed E-state index contributed by atoms with van der Waals surface area (Å²) in [6.45, 7) is 1.92. The molecule has 37 heavy (non-hydrogen) atoms. The highest BCUT2D eigenvalue weighted by molar-refractivity contribution is 7.80. The van der Waals surface area contributed by atoms with Crippen LogP contribution in [0.3, 0.4) is 0 Å². The van der Waals surface area contributed by atoms with E-state index in [2.05, 4.69) is 10.6 Å². The van der Waals surface area contributed by atoms with E-state index in [4.69, 9.17) is 21.7 Å². The molecule has 0 saturated heterocycles. The summed E-state index contributed by atoms with van der Waals surface area (Å²) >= 11 is 5.21. The summed E-state index contributed by atoms with van der Waals surface area (Å²) in [7, 11) is 1.39. The number of anilines is 2. The van der Waals surface area contributed by atoms with Gasteiger partial charge in [-0.1, -0.05) is 12.1 Å². The van der Waals surface area contributed by atoms with Gasteiger partial charge in [0.2, 0.25) is 0 Å². The van der Waals surface area contributed by atoms with Crippen molar-refractivity contribution in [2.75, 3.05) is 23.9 Å². The highest BCUT2D eigenvalue weighted by Gasteiger charge is 2.37. The van der Waals surface area contributed by atoms with Crippen molar-refractivity contribution in [2.24, 2.45) is 0 Å². The molecule has 4 rings (SSSR count). The van der Waals surface area contributed by atoms with Gasteiger partial charge in [0, 0.05) is 23.4 Å². The molecule has 0 fully saturated rings. The first kappa shape index (κ1) is 25.3. The minimum atomic E-state index is -0.668. The van der Waals surface area contributed by atoms with E-state index in [0.717, 1.165) is 11.0 Å². The van der Waals surface area contributed by atoms with E-state index < -0.39 is 22.6 Å². The summed E-state index contributed by atoms with van der Waals surface area (Å²) in [5, 5.41) is 16.5. The zero-order valence-electron chi connectivity index (χ0n) is 19.6. The van der Waals surface area contributed by atoms with E-state index in [1.165, 1.54) is 31.4 Å². The average Bonchev–Trinajstić information content (AvgIpc) is 3.14. The Labute approximate surface area is 216 Å². The molecule has 1 aliphatic heterocycles. The third-order valence-corrected chi connectivity index (χ3v) is 5.62. The van der Waals surface area contributed by atoms with Crippen molar-refractivity contribution in [2.45, 2.75) is 6.92 Å². The molecule has 0 unspecified atom stereocenters. The van der Waals surface area contributed by atoms with Gasteiger partial charge in [-0.15, -0.1) is 0 Å². The molecule has 3 aromatic rings. The van der Waals surface area contributed by atoms with Gasteiger partial charge in [-0.25, -0.2) is 4.90 Å². The van der Waals surface area contributed by atoms with Crippen molar-refractivity contribution in [3.05, 3.63) is 87.5 Å². The van der Waals surface area contributed by atoms with Gasteiger partial charge < -0.3 is 14.8 Å². The van der Waals surface area contributed by atoms with Crippen LogP contribution < -0.4 is 25.0 Å². The van der Waals surface area contributed by atoms with Gasteiger partial charge in [-0.3, -0.25) is 29.8 Å². The first-order chi connectivity index (χ1) is 17.7. The number of hydrogen-bond donors (Lipinski definition) is 2. The van der Waals surface area contributed by atoms with E-state index in [-0.39, 0.29) is 40.2 Å². The topological polar surface area (TPSA) is 140 Å². The van der Waals surface area contributed by atoms with Gasteiger partial charge in [0.15, 0.2) is 10.9 Å². The van der Waals surface area contributed by atoms with Crippen molar-refractivity contribution in [3.8, 4) is 11.5 Å². The van der Waals surface area contributed by atoms with Crippen LogP contribution >= 0.6 is 12.2 Å². The third-order valence-electron chi connectivity index (χ3n) is 5.42. The lowest BCUT2D eigenvalue weighted by molar-refractivity contribution is -0.385. The largest absolute Gasteiger partial charge is 0.494 e. The summed E-state index contributed by atoms with van der Waals surface area (Å²) < 4.78 is 10.6. The fraction of sp³-hybridized carbons (Fsp3) is 0.120. The van der Waals surface area contributed by atoms with Gasteiger partial charge in [-0.2, -0.15) is 0 Å². The summed E-state index contributed by atoms with van der Waals surface area (Å²) in [4.78, 5) is 50.0. The predicted molar refractivity (Wildman–Crippen MR) is 139 cm³/mol. The molecule has 0 saturated carbocycles. The smallest absolute Gasteiger partial charge is 0.311 e. The quantitative estimate of drug-likeness (QED) is 0.205. The van der Waals surface area contributed by atoms with Crippen molar-refractivity contribution in [3.63, 3.8) is 0 Å². The summed E-state index contributed by atoms with van der Waals surface area (Å²) in [6.07, 6.45) is 0. The van der Waals surface area contributed by atoms with Crippen LogP contribution in [-0.2, 0) is 0 Å². The second kappa shape index (κ2) is 10.4. The molecule has 0 bridgehead atoms. The highest BCUT2D eigenvalue weighted by Crippen LogP contribution is 2.36. The van der Waals surface area contributed by atoms with Gasteiger partial charge in [0.05, 0.1) is 35.5 Å². The number of rotatable bonds is 7. The second-order valence-corrected chi connectivity index (χ2v) is 8.07. The lowest BCUT2D eigenvalue weighted by Crippen LogP contribution is -2.34. The van der Waals surface area contributed by atoms with Gasteiger partial charge in [-0.05, 0) is 55.5 Å². The molecule has 0 atom stereocenters. The molecule has 188 valence electrons. The number of imide groups is 1. The molecule has 3 aromatic carbocycles. The van der Waals surface area contributed by atoms with Crippen LogP contribution in [0.4, 0.5) is 17.1 Å². The molecule has 0 radical (unpaired) electrons. The van der Waals surface area contributed by atoms with Crippen LogP contribution in [0.25, 0.3) is 0 Å². The molecule has 11 nitrogen and oxygen atoms in total. The molecule has 0 spiro atoms. The van der Waals surface area contributed by atoms with E-state index in [0.29, 0.717) is 16.8 Å². The minimum Gasteiger partial charge on any atom is -0.494 e. The van der Waals surface area contributed by atoms with Crippen LogP contribution in [0.2, 0.25) is 0 Å². The molecule has 2 N–H and O–H groups in total. The molecule has 3 amide bonds. The van der Waals surface area contributed by atoms with Crippen molar-refractivity contribution in [1.29, 1.82) is 0 Å². The lowest BCUT2D eigenvalue weighted by Gasteiger charge is -2.19. The zero-order valence-corrected chi connectivity index (χ0v) is 20.5. The van der Waals surface area contributed by atoms with Crippen LogP contribution in [-0.4, -0.2) is 41.5 Å². The number of thiocarbonyl (C=S) groups is 1. The Morgan fingerprint density at radius 2 is 1.70 bits per heavy atom. The van der Waals surface area contributed by atoms with Crippen LogP contribution in [0.15, 0.2) is 60.7 Å². The molecule has 12 heteroatoms. The molecule has 1 heterocycles.